The van der Waals surface area contributed by atoms with Crippen molar-refractivity contribution in [2.24, 2.45) is 0 Å². The minimum atomic E-state index is -0.271. The second kappa shape index (κ2) is 5.73. The molecule has 78 valence electrons. The zero-order chi connectivity index (χ0) is 10.4. The van der Waals surface area contributed by atoms with E-state index in [4.69, 9.17) is 10.2 Å². The Kier molecular flexibility index (Phi) is 4.56. The van der Waals surface area contributed by atoms with Crippen LogP contribution in [0.4, 0.5) is 4.39 Å². The van der Waals surface area contributed by atoms with Crippen LogP contribution in [0.2, 0.25) is 0 Å². The van der Waals surface area contributed by atoms with Gasteiger partial charge in [-0.25, -0.2) is 4.39 Å². The molecule has 0 fully saturated rings. The lowest BCUT2D eigenvalue weighted by atomic mass is 9.95. The zero-order valence-corrected chi connectivity index (χ0v) is 7.99. The van der Waals surface area contributed by atoms with Crippen LogP contribution in [0.5, 0.6) is 0 Å². The molecule has 1 atom stereocenters. The number of halogens is 1. The highest BCUT2D eigenvalue weighted by Crippen LogP contribution is 2.20. The first-order valence-electron chi connectivity index (χ1n) is 4.75. The molecule has 3 heteroatoms. The minimum Gasteiger partial charge on any atom is -0.396 e. The summed E-state index contributed by atoms with van der Waals surface area (Å²) in [5.41, 5.74) is 0.919. The van der Waals surface area contributed by atoms with Gasteiger partial charge in [-0.15, -0.1) is 0 Å². The first-order valence-corrected chi connectivity index (χ1v) is 4.75. The Labute approximate surface area is 83.0 Å². The smallest absolute Gasteiger partial charge is 0.123 e. The van der Waals surface area contributed by atoms with E-state index in [9.17, 15) is 4.39 Å². The van der Waals surface area contributed by atoms with Crippen molar-refractivity contribution in [2.45, 2.75) is 18.8 Å². The van der Waals surface area contributed by atoms with Crippen LogP contribution in [0.25, 0.3) is 0 Å². The molecule has 0 saturated carbocycles. The maximum atomic E-state index is 12.6. The summed E-state index contributed by atoms with van der Waals surface area (Å²) in [5, 5.41) is 17.8. The van der Waals surface area contributed by atoms with Gasteiger partial charge in [0.2, 0.25) is 0 Å². The molecule has 0 radical (unpaired) electrons. The predicted octanol–water partition coefficient (Wildman–Crippen LogP) is 1.67. The first kappa shape index (κ1) is 11.1. The molecule has 1 rings (SSSR count). The van der Waals surface area contributed by atoms with Gasteiger partial charge in [-0.1, -0.05) is 12.1 Å². The van der Waals surface area contributed by atoms with Gasteiger partial charge in [-0.05, 0) is 30.5 Å². The number of benzene rings is 1. The van der Waals surface area contributed by atoms with E-state index in [1.165, 1.54) is 12.1 Å². The molecular formula is C11H15FO2. The maximum absolute atomic E-state index is 12.6. The number of hydrogen-bond donors (Lipinski definition) is 2. The molecule has 1 aromatic carbocycles. The van der Waals surface area contributed by atoms with Crippen LogP contribution in [0, 0.1) is 5.82 Å². The molecule has 14 heavy (non-hydrogen) atoms. The third-order valence-electron chi connectivity index (χ3n) is 2.27. The van der Waals surface area contributed by atoms with E-state index in [1.807, 2.05) is 0 Å². The lowest BCUT2D eigenvalue weighted by molar-refractivity contribution is 0.237. The summed E-state index contributed by atoms with van der Waals surface area (Å²) in [6.45, 7) is 0.156. The maximum Gasteiger partial charge on any atom is 0.123 e. The monoisotopic (exact) mass is 198 g/mol. The van der Waals surface area contributed by atoms with Gasteiger partial charge in [0.05, 0.1) is 0 Å². The molecule has 1 aromatic rings. The van der Waals surface area contributed by atoms with Crippen molar-refractivity contribution in [3.8, 4) is 0 Å². The van der Waals surface area contributed by atoms with Gasteiger partial charge in [0, 0.05) is 19.1 Å². The van der Waals surface area contributed by atoms with Gasteiger partial charge in [0.1, 0.15) is 5.82 Å². The van der Waals surface area contributed by atoms with Crippen LogP contribution in [-0.4, -0.2) is 23.4 Å². The fourth-order valence-corrected chi connectivity index (χ4v) is 1.44. The SMILES string of the molecule is OCCCC(CO)c1ccc(F)cc1. The van der Waals surface area contributed by atoms with Crippen molar-refractivity contribution in [2.75, 3.05) is 13.2 Å². The van der Waals surface area contributed by atoms with Crippen LogP contribution in [0.15, 0.2) is 24.3 Å². The first-order chi connectivity index (χ1) is 6.77. The van der Waals surface area contributed by atoms with Crippen LogP contribution in [-0.2, 0) is 0 Å². The van der Waals surface area contributed by atoms with Crippen molar-refractivity contribution >= 4 is 0 Å². The number of hydrogen-bond acceptors (Lipinski definition) is 2. The lowest BCUT2D eigenvalue weighted by Gasteiger charge is -2.13. The average Bonchev–Trinajstić information content (AvgIpc) is 2.21. The van der Waals surface area contributed by atoms with Crippen molar-refractivity contribution in [1.82, 2.24) is 0 Å². The second-order valence-corrected chi connectivity index (χ2v) is 3.30. The number of aliphatic hydroxyl groups is 2. The average molecular weight is 198 g/mol. The van der Waals surface area contributed by atoms with Crippen molar-refractivity contribution in [3.05, 3.63) is 35.6 Å². The van der Waals surface area contributed by atoms with Gasteiger partial charge >= 0.3 is 0 Å². The Balaban J connectivity index is 2.64. The Bertz CT molecular complexity index is 258. The topological polar surface area (TPSA) is 40.5 Å². The predicted molar refractivity (Wildman–Crippen MR) is 52.5 cm³/mol. The standard InChI is InChI=1S/C11H15FO2/c12-11-5-3-9(4-6-11)10(8-14)2-1-7-13/h3-6,10,13-14H,1-2,7-8H2. The molecule has 0 aliphatic carbocycles. The van der Waals surface area contributed by atoms with Crippen molar-refractivity contribution < 1.29 is 14.6 Å². The fraction of sp³-hybridized carbons (Fsp3) is 0.455. The van der Waals surface area contributed by atoms with Gasteiger partial charge in [0.25, 0.3) is 0 Å². The summed E-state index contributed by atoms with van der Waals surface area (Å²) < 4.78 is 12.6. The largest absolute Gasteiger partial charge is 0.396 e. The summed E-state index contributed by atoms with van der Waals surface area (Å²) >= 11 is 0. The molecule has 0 aliphatic heterocycles. The fourth-order valence-electron chi connectivity index (χ4n) is 1.44. The van der Waals surface area contributed by atoms with Gasteiger partial charge in [-0.2, -0.15) is 0 Å². The summed E-state index contributed by atoms with van der Waals surface area (Å²) in [6.07, 6.45) is 1.38. The molecule has 1 unspecified atom stereocenters. The van der Waals surface area contributed by atoms with E-state index in [0.717, 1.165) is 12.0 Å². The van der Waals surface area contributed by atoms with Gasteiger partial charge < -0.3 is 10.2 Å². The molecule has 2 nitrogen and oxygen atoms in total. The number of rotatable bonds is 5. The Morgan fingerprint density at radius 3 is 2.29 bits per heavy atom. The molecule has 0 spiro atoms. The third-order valence-corrected chi connectivity index (χ3v) is 2.27. The molecular weight excluding hydrogens is 183 g/mol. The molecule has 0 aromatic heterocycles. The van der Waals surface area contributed by atoms with E-state index >= 15 is 0 Å². The van der Waals surface area contributed by atoms with Crippen molar-refractivity contribution in [3.63, 3.8) is 0 Å². The second-order valence-electron chi connectivity index (χ2n) is 3.30. The Morgan fingerprint density at radius 1 is 1.14 bits per heavy atom. The molecule has 0 saturated heterocycles. The molecule has 0 heterocycles. The van der Waals surface area contributed by atoms with E-state index in [2.05, 4.69) is 0 Å². The van der Waals surface area contributed by atoms with E-state index in [1.54, 1.807) is 12.1 Å². The van der Waals surface area contributed by atoms with Crippen LogP contribution >= 0.6 is 0 Å². The molecule has 2 N–H and O–H groups in total. The lowest BCUT2D eigenvalue weighted by Crippen LogP contribution is -2.05. The third kappa shape index (κ3) is 3.09. The summed E-state index contributed by atoms with van der Waals surface area (Å²) in [4.78, 5) is 0. The van der Waals surface area contributed by atoms with E-state index in [0.29, 0.717) is 6.42 Å². The Hall–Kier alpha value is -0.930. The highest BCUT2D eigenvalue weighted by Gasteiger charge is 2.09. The normalized spacial score (nSPS) is 12.8. The molecule has 0 aliphatic rings. The van der Waals surface area contributed by atoms with Gasteiger partial charge in [-0.3, -0.25) is 0 Å². The quantitative estimate of drug-likeness (QED) is 0.755. The molecule has 0 bridgehead atoms. The summed E-state index contributed by atoms with van der Waals surface area (Å²) in [6, 6.07) is 6.12. The highest BCUT2D eigenvalue weighted by molar-refractivity contribution is 5.20. The zero-order valence-electron chi connectivity index (χ0n) is 7.99. The summed E-state index contributed by atoms with van der Waals surface area (Å²) in [5.74, 6) is -0.268. The van der Waals surface area contributed by atoms with Crippen LogP contribution in [0.1, 0.15) is 24.3 Å². The van der Waals surface area contributed by atoms with E-state index < -0.39 is 0 Å². The van der Waals surface area contributed by atoms with Crippen LogP contribution < -0.4 is 0 Å². The van der Waals surface area contributed by atoms with E-state index in [-0.39, 0.29) is 24.9 Å². The minimum absolute atomic E-state index is 0.00255. The Morgan fingerprint density at radius 2 is 1.79 bits per heavy atom. The van der Waals surface area contributed by atoms with Crippen LogP contribution in [0.3, 0.4) is 0 Å². The number of aliphatic hydroxyl groups excluding tert-OH is 2. The highest BCUT2D eigenvalue weighted by atomic mass is 19.1. The van der Waals surface area contributed by atoms with Gasteiger partial charge in [0.15, 0.2) is 0 Å². The van der Waals surface area contributed by atoms with Crippen molar-refractivity contribution in [1.29, 1.82) is 0 Å². The summed E-state index contributed by atoms with van der Waals surface area (Å²) in [7, 11) is 0. The molecule has 0 amide bonds.